The Kier molecular flexibility index (Phi) is 7.58. The molecule has 0 unspecified atom stereocenters. The van der Waals surface area contributed by atoms with E-state index in [0.717, 1.165) is 21.6 Å². The molecule has 1 amide bonds. The lowest BCUT2D eigenvalue weighted by Crippen LogP contribution is -2.15. The van der Waals surface area contributed by atoms with E-state index in [1.54, 1.807) is 18.2 Å². The van der Waals surface area contributed by atoms with Crippen LogP contribution in [0.5, 0.6) is 5.75 Å². The number of amides is 1. The highest BCUT2D eigenvalue weighted by atomic mass is 35.5. The van der Waals surface area contributed by atoms with Crippen molar-refractivity contribution in [2.24, 2.45) is 0 Å². The van der Waals surface area contributed by atoms with E-state index in [1.165, 1.54) is 18.0 Å². The van der Waals surface area contributed by atoms with Gasteiger partial charge in [0, 0.05) is 27.6 Å². The molecular weight excluding hydrogens is 441 g/mol. The summed E-state index contributed by atoms with van der Waals surface area (Å²) < 4.78 is 0. The topological polar surface area (TPSA) is 75.1 Å². The number of rotatable bonds is 7. The first kappa shape index (κ1) is 22.4. The Bertz CT molecular complexity index is 1020. The van der Waals surface area contributed by atoms with Crippen molar-refractivity contribution in [1.82, 2.24) is 10.2 Å². The molecule has 0 fully saturated rings. The molecule has 156 valence electrons. The number of hydrogen-bond donors (Lipinski definition) is 2. The number of phenolic OH excluding ortho intramolecular Hbond substituents is 1. The number of benzene rings is 2. The van der Waals surface area contributed by atoms with Crippen LogP contribution < -0.4 is 5.32 Å². The average Bonchev–Trinajstić information content (AvgIpc) is 2.71. The Morgan fingerprint density at radius 2 is 1.90 bits per heavy atom. The highest BCUT2D eigenvalue weighted by Gasteiger charge is 2.13. The fourth-order valence-corrected chi connectivity index (χ4v) is 4.43. The van der Waals surface area contributed by atoms with Crippen LogP contribution >= 0.6 is 35.0 Å². The first-order valence-corrected chi connectivity index (χ1v) is 11.1. The predicted molar refractivity (Wildman–Crippen MR) is 123 cm³/mol. The van der Waals surface area contributed by atoms with Gasteiger partial charge in [0.2, 0.25) is 5.91 Å². The van der Waals surface area contributed by atoms with E-state index in [2.05, 4.69) is 15.5 Å². The fraction of sp³-hybridized carbons (Fsp3) is 0.227. The molecule has 0 spiro atoms. The Morgan fingerprint density at radius 1 is 1.17 bits per heavy atom. The molecule has 8 heteroatoms. The van der Waals surface area contributed by atoms with E-state index in [1.807, 2.05) is 38.1 Å². The number of nitrogens with one attached hydrogen (secondary N) is 1. The number of thioether (sulfide) groups is 1. The number of aromatic nitrogens is 2. The Morgan fingerprint density at radius 3 is 2.53 bits per heavy atom. The third-order valence-electron chi connectivity index (χ3n) is 4.42. The SMILES string of the molecule is CC(C)c1cc(Cc2c(Cl)cc(SCC(=O)Nc3cccnn3)cc2Cl)ccc1O. The number of phenols is 1. The van der Waals surface area contributed by atoms with Gasteiger partial charge in [-0.15, -0.1) is 16.9 Å². The summed E-state index contributed by atoms with van der Waals surface area (Å²) in [7, 11) is 0. The summed E-state index contributed by atoms with van der Waals surface area (Å²) in [5.74, 6) is 0.907. The smallest absolute Gasteiger partial charge is 0.235 e. The maximum atomic E-state index is 12.1. The highest BCUT2D eigenvalue weighted by molar-refractivity contribution is 8.00. The van der Waals surface area contributed by atoms with Crippen molar-refractivity contribution < 1.29 is 9.90 Å². The number of anilines is 1. The minimum Gasteiger partial charge on any atom is -0.508 e. The predicted octanol–water partition coefficient (Wildman–Crippen LogP) is 5.93. The van der Waals surface area contributed by atoms with Crippen molar-refractivity contribution in [3.05, 3.63) is 75.4 Å². The first-order valence-electron chi connectivity index (χ1n) is 9.33. The van der Waals surface area contributed by atoms with Crippen LogP contribution in [0.3, 0.4) is 0 Å². The molecule has 0 saturated carbocycles. The summed E-state index contributed by atoms with van der Waals surface area (Å²) in [6.45, 7) is 4.07. The molecular formula is C22H21Cl2N3O2S. The molecule has 0 saturated heterocycles. The van der Waals surface area contributed by atoms with Gasteiger partial charge in [0.15, 0.2) is 5.82 Å². The van der Waals surface area contributed by atoms with Gasteiger partial charge in [-0.05, 0) is 52.9 Å². The van der Waals surface area contributed by atoms with Crippen LogP contribution in [0.1, 0.15) is 36.5 Å². The number of nitrogens with zero attached hydrogens (tertiary/aromatic N) is 2. The van der Waals surface area contributed by atoms with Gasteiger partial charge >= 0.3 is 0 Å². The van der Waals surface area contributed by atoms with Crippen LogP contribution in [0.2, 0.25) is 10.0 Å². The first-order chi connectivity index (χ1) is 14.3. The molecule has 2 N–H and O–H groups in total. The maximum absolute atomic E-state index is 12.1. The van der Waals surface area contributed by atoms with Gasteiger partial charge in [-0.2, -0.15) is 5.10 Å². The third kappa shape index (κ3) is 5.88. The maximum Gasteiger partial charge on any atom is 0.235 e. The van der Waals surface area contributed by atoms with Gasteiger partial charge in [0.05, 0.1) is 5.75 Å². The number of halogens is 2. The molecule has 0 radical (unpaired) electrons. The number of carbonyl (C=O) groups is 1. The van der Waals surface area contributed by atoms with E-state index < -0.39 is 0 Å². The van der Waals surface area contributed by atoms with E-state index in [-0.39, 0.29) is 23.3 Å². The molecule has 1 heterocycles. The van der Waals surface area contributed by atoms with Gasteiger partial charge in [-0.3, -0.25) is 4.79 Å². The zero-order chi connectivity index (χ0) is 21.7. The quantitative estimate of drug-likeness (QED) is 0.426. The summed E-state index contributed by atoms with van der Waals surface area (Å²) in [5.41, 5.74) is 2.72. The Balaban J connectivity index is 1.68. The number of carbonyl (C=O) groups excluding carboxylic acids is 1. The summed E-state index contributed by atoms with van der Waals surface area (Å²) in [6.07, 6.45) is 2.09. The second kappa shape index (κ2) is 10.2. The third-order valence-corrected chi connectivity index (χ3v) is 6.07. The van der Waals surface area contributed by atoms with Gasteiger partial charge in [0.1, 0.15) is 5.75 Å². The molecule has 0 atom stereocenters. The summed E-state index contributed by atoms with van der Waals surface area (Å²) >= 11 is 14.3. The van der Waals surface area contributed by atoms with Crippen molar-refractivity contribution in [1.29, 1.82) is 0 Å². The second-order valence-electron chi connectivity index (χ2n) is 7.04. The average molecular weight is 462 g/mol. The molecule has 0 aliphatic carbocycles. The molecule has 5 nitrogen and oxygen atoms in total. The summed E-state index contributed by atoms with van der Waals surface area (Å²) in [5, 5.41) is 21.3. The standard InChI is InChI=1S/C22H21Cl2N3O2S/c1-13(2)16-8-14(5-6-20(16)28)9-17-18(23)10-15(11-19(17)24)30-12-22(29)26-21-4-3-7-25-27-21/h3-8,10-11,13,28H,9,12H2,1-2H3,(H,26,27,29). The molecule has 3 aromatic rings. The Labute approximate surface area is 189 Å². The lowest BCUT2D eigenvalue weighted by molar-refractivity contribution is -0.113. The second-order valence-corrected chi connectivity index (χ2v) is 8.90. The Hall–Kier alpha value is -2.28. The minimum absolute atomic E-state index is 0.192. The zero-order valence-electron chi connectivity index (χ0n) is 16.5. The van der Waals surface area contributed by atoms with Crippen molar-refractivity contribution in [3.8, 4) is 5.75 Å². The number of aromatic hydroxyl groups is 1. The van der Waals surface area contributed by atoms with Crippen molar-refractivity contribution >= 4 is 46.7 Å². The van der Waals surface area contributed by atoms with Crippen LogP contribution in [0, 0.1) is 0 Å². The van der Waals surface area contributed by atoms with E-state index in [0.29, 0.717) is 22.3 Å². The minimum atomic E-state index is -0.192. The van der Waals surface area contributed by atoms with Gasteiger partial charge < -0.3 is 10.4 Å². The van der Waals surface area contributed by atoms with E-state index >= 15 is 0 Å². The summed E-state index contributed by atoms with van der Waals surface area (Å²) in [4.78, 5) is 12.9. The van der Waals surface area contributed by atoms with E-state index in [9.17, 15) is 9.90 Å². The normalized spacial score (nSPS) is 11.0. The molecule has 2 aromatic carbocycles. The van der Waals surface area contributed by atoms with Crippen molar-refractivity contribution in [3.63, 3.8) is 0 Å². The monoisotopic (exact) mass is 461 g/mol. The molecule has 0 aliphatic heterocycles. The lowest BCUT2D eigenvalue weighted by Gasteiger charge is -2.13. The molecule has 1 aromatic heterocycles. The van der Waals surface area contributed by atoms with Crippen molar-refractivity contribution in [2.45, 2.75) is 31.1 Å². The zero-order valence-corrected chi connectivity index (χ0v) is 18.9. The number of hydrogen-bond acceptors (Lipinski definition) is 5. The van der Waals surface area contributed by atoms with E-state index in [4.69, 9.17) is 23.2 Å². The van der Waals surface area contributed by atoms with Gasteiger partial charge in [-0.25, -0.2) is 0 Å². The van der Waals surface area contributed by atoms with Gasteiger partial charge in [0.25, 0.3) is 0 Å². The van der Waals surface area contributed by atoms with Gasteiger partial charge in [-0.1, -0.05) is 49.2 Å². The molecule has 30 heavy (non-hydrogen) atoms. The van der Waals surface area contributed by atoms with Crippen LogP contribution in [-0.2, 0) is 11.2 Å². The van der Waals surface area contributed by atoms with Crippen LogP contribution in [0.25, 0.3) is 0 Å². The van der Waals surface area contributed by atoms with Crippen LogP contribution in [0.15, 0.2) is 53.6 Å². The lowest BCUT2D eigenvalue weighted by atomic mass is 9.96. The van der Waals surface area contributed by atoms with Crippen molar-refractivity contribution in [2.75, 3.05) is 11.1 Å². The molecule has 3 rings (SSSR count). The molecule has 0 aliphatic rings. The summed E-state index contributed by atoms with van der Waals surface area (Å²) in [6, 6.07) is 12.5. The van der Waals surface area contributed by atoms with Crippen LogP contribution in [-0.4, -0.2) is 27.0 Å². The van der Waals surface area contributed by atoms with Crippen LogP contribution in [0.4, 0.5) is 5.82 Å². The highest BCUT2D eigenvalue weighted by Crippen LogP contribution is 2.34. The fourth-order valence-electron chi connectivity index (χ4n) is 2.91. The molecule has 0 bridgehead atoms. The largest absolute Gasteiger partial charge is 0.508 e.